The summed E-state index contributed by atoms with van der Waals surface area (Å²) in [6.07, 6.45) is 6.21. The van der Waals surface area contributed by atoms with Gasteiger partial charge in [-0.15, -0.1) is 24.0 Å². The van der Waals surface area contributed by atoms with Gasteiger partial charge in [-0.25, -0.2) is 0 Å². The van der Waals surface area contributed by atoms with Crippen molar-refractivity contribution in [3.63, 3.8) is 0 Å². The van der Waals surface area contributed by atoms with Gasteiger partial charge in [0, 0.05) is 31.3 Å². The molecule has 3 fully saturated rings. The fourth-order valence-corrected chi connectivity index (χ4v) is 4.91. The standard InChI is InChI=1S/C23H36N4O2.HI/c1-3-24-22(26-20-15-19-9-10-21(20)29-19)25-16-23(11-13-28-14-12-23)27-17(2)18-7-5-4-6-8-18;/h4-8,17,19-21,27H,3,9-16H2,1-2H3,(H2,24,25,26);1H. The number of hydrogen-bond acceptors (Lipinski definition) is 4. The first-order valence-corrected chi connectivity index (χ1v) is 11.3. The van der Waals surface area contributed by atoms with Crippen molar-refractivity contribution in [2.24, 2.45) is 4.99 Å². The maximum atomic E-state index is 6.01. The number of nitrogens with zero attached hydrogens (tertiary/aromatic N) is 1. The third kappa shape index (κ3) is 5.87. The molecule has 0 aromatic heterocycles. The van der Waals surface area contributed by atoms with E-state index in [1.165, 1.54) is 18.4 Å². The summed E-state index contributed by atoms with van der Waals surface area (Å²) in [6.45, 7) is 7.53. The number of nitrogens with one attached hydrogen (secondary N) is 3. The molecule has 3 aliphatic rings. The molecule has 4 unspecified atom stereocenters. The van der Waals surface area contributed by atoms with E-state index in [0.29, 0.717) is 18.2 Å². The average molecular weight is 528 g/mol. The van der Waals surface area contributed by atoms with Gasteiger partial charge in [0.25, 0.3) is 0 Å². The van der Waals surface area contributed by atoms with Crippen molar-refractivity contribution < 1.29 is 9.47 Å². The SMILES string of the molecule is CCNC(=NCC1(NC(C)c2ccccc2)CCOCC1)NC1CC2CCC1O2.I. The van der Waals surface area contributed by atoms with E-state index in [0.717, 1.165) is 51.5 Å². The predicted molar refractivity (Wildman–Crippen MR) is 132 cm³/mol. The van der Waals surface area contributed by atoms with Gasteiger partial charge in [0.2, 0.25) is 0 Å². The normalized spacial score (nSPS) is 28.6. The predicted octanol–water partition coefficient (Wildman–Crippen LogP) is 3.38. The molecule has 1 aromatic rings. The van der Waals surface area contributed by atoms with Crippen molar-refractivity contribution in [1.82, 2.24) is 16.0 Å². The Bertz CT molecular complexity index is 681. The van der Waals surface area contributed by atoms with E-state index >= 15 is 0 Å². The summed E-state index contributed by atoms with van der Waals surface area (Å²) in [5.41, 5.74) is 1.27. The van der Waals surface area contributed by atoms with Gasteiger partial charge in [0.15, 0.2) is 5.96 Å². The molecule has 2 bridgehead atoms. The Hall–Kier alpha value is -0.900. The molecule has 0 saturated carbocycles. The lowest BCUT2D eigenvalue weighted by Crippen LogP contribution is -2.54. The number of halogens is 1. The minimum Gasteiger partial charge on any atom is -0.381 e. The molecule has 168 valence electrons. The Morgan fingerprint density at radius 1 is 1.20 bits per heavy atom. The topological polar surface area (TPSA) is 66.9 Å². The average Bonchev–Trinajstić information content (AvgIpc) is 3.37. The zero-order chi connectivity index (χ0) is 20.1. The van der Waals surface area contributed by atoms with Crippen LogP contribution in [-0.2, 0) is 9.47 Å². The van der Waals surface area contributed by atoms with Gasteiger partial charge in [0.05, 0.1) is 24.8 Å². The fourth-order valence-electron chi connectivity index (χ4n) is 4.91. The van der Waals surface area contributed by atoms with Crippen LogP contribution < -0.4 is 16.0 Å². The molecule has 30 heavy (non-hydrogen) atoms. The molecule has 3 N–H and O–H groups in total. The van der Waals surface area contributed by atoms with Crippen LogP contribution in [0.4, 0.5) is 0 Å². The summed E-state index contributed by atoms with van der Waals surface area (Å²) in [5.74, 6) is 0.911. The van der Waals surface area contributed by atoms with Crippen molar-refractivity contribution in [2.75, 3.05) is 26.3 Å². The first-order valence-electron chi connectivity index (χ1n) is 11.3. The smallest absolute Gasteiger partial charge is 0.191 e. The molecule has 3 aliphatic heterocycles. The van der Waals surface area contributed by atoms with Gasteiger partial charge in [0.1, 0.15) is 0 Å². The van der Waals surface area contributed by atoms with E-state index in [2.05, 4.69) is 60.1 Å². The third-order valence-corrected chi connectivity index (χ3v) is 6.58. The van der Waals surface area contributed by atoms with Crippen LogP contribution in [0.3, 0.4) is 0 Å². The second-order valence-electron chi connectivity index (χ2n) is 8.73. The highest BCUT2D eigenvalue weighted by Gasteiger charge is 2.41. The van der Waals surface area contributed by atoms with E-state index in [1.807, 2.05) is 0 Å². The van der Waals surface area contributed by atoms with Crippen LogP contribution in [0.25, 0.3) is 0 Å². The van der Waals surface area contributed by atoms with Crippen LogP contribution in [0.5, 0.6) is 0 Å². The monoisotopic (exact) mass is 528 g/mol. The molecule has 0 spiro atoms. The van der Waals surface area contributed by atoms with Crippen molar-refractivity contribution in [2.45, 2.75) is 75.8 Å². The van der Waals surface area contributed by atoms with Gasteiger partial charge < -0.3 is 25.4 Å². The third-order valence-electron chi connectivity index (χ3n) is 6.58. The van der Waals surface area contributed by atoms with Gasteiger partial charge in [-0.05, 0) is 51.5 Å². The van der Waals surface area contributed by atoms with Gasteiger partial charge in [-0.2, -0.15) is 0 Å². The first-order chi connectivity index (χ1) is 14.2. The summed E-state index contributed by atoms with van der Waals surface area (Å²) >= 11 is 0. The number of rotatable bonds is 7. The Morgan fingerprint density at radius 3 is 2.60 bits per heavy atom. The Morgan fingerprint density at radius 2 is 1.97 bits per heavy atom. The zero-order valence-corrected chi connectivity index (χ0v) is 20.6. The maximum Gasteiger partial charge on any atom is 0.191 e. The Balaban J connectivity index is 0.00000256. The van der Waals surface area contributed by atoms with Crippen LogP contribution in [0.15, 0.2) is 35.3 Å². The lowest BCUT2D eigenvalue weighted by molar-refractivity contribution is 0.0374. The van der Waals surface area contributed by atoms with E-state index in [9.17, 15) is 0 Å². The summed E-state index contributed by atoms with van der Waals surface area (Å²) in [6, 6.07) is 11.3. The molecule has 7 heteroatoms. The number of aliphatic imine (C=N–C) groups is 1. The summed E-state index contributed by atoms with van der Waals surface area (Å²) < 4.78 is 11.7. The second-order valence-corrected chi connectivity index (χ2v) is 8.73. The summed E-state index contributed by atoms with van der Waals surface area (Å²) in [4.78, 5) is 5.02. The van der Waals surface area contributed by atoms with Gasteiger partial charge in [-0.3, -0.25) is 4.99 Å². The van der Waals surface area contributed by atoms with Crippen LogP contribution in [0, 0.1) is 0 Å². The molecule has 4 rings (SSSR count). The number of fused-ring (bicyclic) bond motifs is 2. The molecule has 0 aliphatic carbocycles. The molecule has 3 saturated heterocycles. The number of ether oxygens (including phenoxy) is 2. The number of guanidine groups is 1. The lowest BCUT2D eigenvalue weighted by Gasteiger charge is -2.39. The van der Waals surface area contributed by atoms with Crippen LogP contribution in [-0.4, -0.2) is 56.1 Å². The highest BCUT2D eigenvalue weighted by Crippen LogP contribution is 2.34. The number of hydrogen-bond donors (Lipinski definition) is 3. The van der Waals surface area contributed by atoms with E-state index in [1.54, 1.807) is 0 Å². The van der Waals surface area contributed by atoms with Crippen molar-refractivity contribution in [1.29, 1.82) is 0 Å². The summed E-state index contributed by atoms with van der Waals surface area (Å²) in [5, 5.41) is 11.0. The van der Waals surface area contributed by atoms with Crippen molar-refractivity contribution in [3.05, 3.63) is 35.9 Å². The second kappa shape index (κ2) is 11.1. The molecule has 0 amide bonds. The summed E-state index contributed by atoms with van der Waals surface area (Å²) in [7, 11) is 0. The first kappa shape index (κ1) is 23.8. The van der Waals surface area contributed by atoms with Crippen LogP contribution in [0.2, 0.25) is 0 Å². The van der Waals surface area contributed by atoms with Gasteiger partial charge >= 0.3 is 0 Å². The molecule has 3 heterocycles. The van der Waals surface area contributed by atoms with Crippen LogP contribution in [0.1, 0.15) is 57.6 Å². The van der Waals surface area contributed by atoms with Crippen molar-refractivity contribution in [3.8, 4) is 0 Å². The molecule has 1 aromatic carbocycles. The Kier molecular flexibility index (Phi) is 8.80. The quantitative estimate of drug-likeness (QED) is 0.288. The largest absolute Gasteiger partial charge is 0.381 e. The number of benzene rings is 1. The fraction of sp³-hybridized carbons (Fsp3) is 0.696. The minimum atomic E-state index is -0.0406. The molecule has 4 atom stereocenters. The molecule has 6 nitrogen and oxygen atoms in total. The highest BCUT2D eigenvalue weighted by molar-refractivity contribution is 14.0. The molecular weight excluding hydrogens is 491 g/mol. The van der Waals surface area contributed by atoms with E-state index < -0.39 is 0 Å². The van der Waals surface area contributed by atoms with E-state index in [4.69, 9.17) is 14.5 Å². The maximum absolute atomic E-state index is 6.01. The molecule has 0 radical (unpaired) electrons. The highest BCUT2D eigenvalue weighted by atomic mass is 127. The van der Waals surface area contributed by atoms with Gasteiger partial charge in [-0.1, -0.05) is 30.3 Å². The Labute approximate surface area is 198 Å². The van der Waals surface area contributed by atoms with Crippen molar-refractivity contribution >= 4 is 29.9 Å². The lowest BCUT2D eigenvalue weighted by atomic mass is 9.88. The minimum absolute atomic E-state index is 0. The molecular formula is C23H37IN4O2. The van der Waals surface area contributed by atoms with Crippen LogP contribution >= 0.6 is 24.0 Å². The van der Waals surface area contributed by atoms with E-state index in [-0.39, 0.29) is 35.6 Å². The zero-order valence-electron chi connectivity index (χ0n) is 18.2.